The van der Waals surface area contributed by atoms with Gasteiger partial charge in [-0.05, 0) is 20.3 Å². The fourth-order valence-corrected chi connectivity index (χ4v) is 3.44. The molecule has 1 heterocycles. The molecule has 0 aliphatic carbocycles. The molecule has 19 heavy (non-hydrogen) atoms. The molecule has 2 amide bonds. The molecule has 0 spiro atoms. The molecule has 1 rings (SSSR count). The van der Waals surface area contributed by atoms with Gasteiger partial charge in [0.1, 0.15) is 6.04 Å². The number of hydrogen-bond donors (Lipinski definition) is 2. The van der Waals surface area contributed by atoms with E-state index in [0.29, 0.717) is 12.3 Å². The highest BCUT2D eigenvalue weighted by atomic mass is 32.2. The van der Waals surface area contributed by atoms with Crippen molar-refractivity contribution < 1.29 is 14.7 Å². The van der Waals surface area contributed by atoms with Crippen molar-refractivity contribution in [1.82, 2.24) is 10.2 Å². The average Bonchev–Trinajstić information content (AvgIpc) is 2.72. The zero-order valence-electron chi connectivity index (χ0n) is 11.7. The van der Waals surface area contributed by atoms with Crippen LogP contribution in [0.25, 0.3) is 0 Å². The summed E-state index contributed by atoms with van der Waals surface area (Å²) in [4.78, 5) is 24.8. The molecule has 1 fully saturated rings. The minimum absolute atomic E-state index is 0.0298. The van der Waals surface area contributed by atoms with E-state index in [-0.39, 0.29) is 11.4 Å². The number of allylic oxidation sites excluding steroid dienone is 1. The summed E-state index contributed by atoms with van der Waals surface area (Å²) >= 11 is 1.55. The van der Waals surface area contributed by atoms with E-state index in [2.05, 4.69) is 5.32 Å². The van der Waals surface area contributed by atoms with Gasteiger partial charge >= 0.3 is 12.0 Å². The van der Waals surface area contributed by atoms with Crippen LogP contribution in [0.3, 0.4) is 0 Å². The number of amides is 2. The van der Waals surface area contributed by atoms with E-state index in [1.165, 1.54) is 4.90 Å². The third kappa shape index (κ3) is 4.45. The SMILES string of the molecule is CCCC1SCC(C(=O)O)N1C(=O)NCC=C(C)C. The zero-order chi connectivity index (χ0) is 14.4. The second-order valence-corrected chi connectivity index (χ2v) is 6.02. The number of rotatable bonds is 5. The molecule has 2 N–H and O–H groups in total. The topological polar surface area (TPSA) is 69.6 Å². The highest BCUT2D eigenvalue weighted by Gasteiger charge is 2.40. The van der Waals surface area contributed by atoms with Crippen molar-refractivity contribution in [3.63, 3.8) is 0 Å². The number of aliphatic carboxylic acids is 1. The summed E-state index contributed by atoms with van der Waals surface area (Å²) < 4.78 is 0. The Labute approximate surface area is 118 Å². The summed E-state index contributed by atoms with van der Waals surface area (Å²) in [5.74, 6) is -0.459. The Hall–Kier alpha value is -1.17. The Kier molecular flexibility index (Phi) is 6.21. The van der Waals surface area contributed by atoms with Crippen LogP contribution in [0.1, 0.15) is 33.6 Å². The van der Waals surface area contributed by atoms with Gasteiger partial charge in [0.05, 0.1) is 5.37 Å². The third-order valence-electron chi connectivity index (χ3n) is 2.91. The Morgan fingerprint density at radius 3 is 2.68 bits per heavy atom. The lowest BCUT2D eigenvalue weighted by Crippen LogP contribution is -2.50. The van der Waals surface area contributed by atoms with Crippen molar-refractivity contribution >= 4 is 23.8 Å². The number of carbonyl (C=O) groups is 2. The Morgan fingerprint density at radius 1 is 1.47 bits per heavy atom. The van der Waals surface area contributed by atoms with Crippen molar-refractivity contribution in [2.45, 2.75) is 45.0 Å². The Balaban J connectivity index is 2.69. The van der Waals surface area contributed by atoms with Gasteiger partial charge in [0.25, 0.3) is 0 Å². The van der Waals surface area contributed by atoms with Crippen molar-refractivity contribution in [2.24, 2.45) is 0 Å². The van der Waals surface area contributed by atoms with Crippen LogP contribution >= 0.6 is 11.8 Å². The van der Waals surface area contributed by atoms with E-state index in [4.69, 9.17) is 0 Å². The number of nitrogens with zero attached hydrogens (tertiary/aromatic N) is 1. The smallest absolute Gasteiger partial charge is 0.327 e. The molecule has 2 unspecified atom stereocenters. The minimum atomic E-state index is -0.927. The summed E-state index contributed by atoms with van der Waals surface area (Å²) in [7, 11) is 0. The molecule has 0 bridgehead atoms. The second-order valence-electron chi connectivity index (χ2n) is 4.81. The highest BCUT2D eigenvalue weighted by Crippen LogP contribution is 2.32. The molecule has 0 radical (unpaired) electrons. The summed E-state index contributed by atoms with van der Waals surface area (Å²) in [5, 5.41) is 11.9. The fourth-order valence-electron chi connectivity index (χ4n) is 1.93. The number of urea groups is 1. The van der Waals surface area contributed by atoms with Gasteiger partial charge in [0.15, 0.2) is 0 Å². The van der Waals surface area contributed by atoms with Crippen LogP contribution in [0.4, 0.5) is 4.79 Å². The zero-order valence-corrected chi connectivity index (χ0v) is 12.5. The fraction of sp³-hybridized carbons (Fsp3) is 0.692. The van der Waals surface area contributed by atoms with Crippen LogP contribution < -0.4 is 5.32 Å². The van der Waals surface area contributed by atoms with E-state index >= 15 is 0 Å². The van der Waals surface area contributed by atoms with E-state index in [1.54, 1.807) is 11.8 Å². The summed E-state index contributed by atoms with van der Waals surface area (Å²) in [6.45, 7) is 6.39. The van der Waals surface area contributed by atoms with E-state index in [0.717, 1.165) is 18.4 Å². The predicted octanol–water partition coefficient (Wildman–Crippen LogP) is 2.29. The number of carboxylic acid groups (broad SMARTS) is 1. The molecule has 0 aromatic carbocycles. The maximum atomic E-state index is 12.1. The van der Waals surface area contributed by atoms with Gasteiger partial charge in [-0.15, -0.1) is 11.8 Å². The molecular formula is C13H22N2O3S. The normalized spacial score (nSPS) is 22.2. The number of thioether (sulfide) groups is 1. The van der Waals surface area contributed by atoms with Gasteiger partial charge < -0.3 is 10.4 Å². The number of hydrogen-bond acceptors (Lipinski definition) is 3. The lowest BCUT2D eigenvalue weighted by atomic mass is 10.2. The Morgan fingerprint density at radius 2 is 2.16 bits per heavy atom. The first-order valence-corrected chi connectivity index (χ1v) is 7.56. The standard InChI is InChI=1S/C13H22N2O3S/c1-4-5-11-15(10(8-19-11)12(16)17)13(18)14-7-6-9(2)3/h6,10-11H,4-5,7-8H2,1-3H3,(H,14,18)(H,16,17). The summed E-state index contributed by atoms with van der Waals surface area (Å²) in [6.07, 6.45) is 3.66. The molecule has 1 saturated heterocycles. The molecule has 0 aromatic heterocycles. The largest absolute Gasteiger partial charge is 0.480 e. The van der Waals surface area contributed by atoms with E-state index in [1.807, 2.05) is 26.8 Å². The van der Waals surface area contributed by atoms with Crippen LogP contribution in [0, 0.1) is 0 Å². The predicted molar refractivity (Wildman–Crippen MR) is 77.2 cm³/mol. The van der Waals surface area contributed by atoms with Crippen molar-refractivity contribution in [3.8, 4) is 0 Å². The molecule has 0 aromatic rings. The summed E-state index contributed by atoms with van der Waals surface area (Å²) in [6, 6.07) is -0.999. The second kappa shape index (κ2) is 7.43. The molecular weight excluding hydrogens is 264 g/mol. The molecule has 1 aliphatic rings. The molecule has 0 saturated carbocycles. The quantitative estimate of drug-likeness (QED) is 0.761. The molecule has 6 heteroatoms. The Bertz CT molecular complexity index is 367. The van der Waals surface area contributed by atoms with E-state index < -0.39 is 12.0 Å². The van der Waals surface area contributed by atoms with Crippen molar-refractivity contribution in [1.29, 1.82) is 0 Å². The van der Waals surface area contributed by atoms with Crippen molar-refractivity contribution in [2.75, 3.05) is 12.3 Å². The first kappa shape index (κ1) is 15.9. The first-order chi connectivity index (χ1) is 8.97. The maximum absolute atomic E-state index is 12.1. The number of carbonyl (C=O) groups excluding carboxylic acids is 1. The van der Waals surface area contributed by atoms with Crippen LogP contribution in [0.5, 0.6) is 0 Å². The van der Waals surface area contributed by atoms with Gasteiger partial charge in [0, 0.05) is 12.3 Å². The number of nitrogens with one attached hydrogen (secondary N) is 1. The first-order valence-electron chi connectivity index (χ1n) is 6.51. The van der Waals surface area contributed by atoms with Gasteiger partial charge in [-0.3, -0.25) is 4.90 Å². The van der Waals surface area contributed by atoms with Gasteiger partial charge in [-0.2, -0.15) is 0 Å². The lowest BCUT2D eigenvalue weighted by Gasteiger charge is -2.27. The third-order valence-corrected chi connectivity index (χ3v) is 4.27. The summed E-state index contributed by atoms with van der Waals surface area (Å²) in [5.41, 5.74) is 1.12. The number of carboxylic acids is 1. The van der Waals surface area contributed by atoms with Gasteiger partial charge in [0.2, 0.25) is 0 Å². The van der Waals surface area contributed by atoms with Crippen LogP contribution in [-0.4, -0.2) is 45.7 Å². The van der Waals surface area contributed by atoms with Crippen molar-refractivity contribution in [3.05, 3.63) is 11.6 Å². The molecule has 2 atom stereocenters. The van der Waals surface area contributed by atoms with Crippen LogP contribution in [-0.2, 0) is 4.79 Å². The van der Waals surface area contributed by atoms with Gasteiger partial charge in [-0.1, -0.05) is 25.0 Å². The highest BCUT2D eigenvalue weighted by molar-refractivity contribution is 8.00. The lowest BCUT2D eigenvalue weighted by molar-refractivity contribution is -0.141. The molecule has 108 valence electrons. The molecule has 5 nitrogen and oxygen atoms in total. The molecule has 1 aliphatic heterocycles. The van der Waals surface area contributed by atoms with Crippen LogP contribution in [0.2, 0.25) is 0 Å². The van der Waals surface area contributed by atoms with Gasteiger partial charge in [-0.25, -0.2) is 9.59 Å². The average molecular weight is 286 g/mol. The minimum Gasteiger partial charge on any atom is -0.480 e. The van der Waals surface area contributed by atoms with E-state index in [9.17, 15) is 14.7 Å². The maximum Gasteiger partial charge on any atom is 0.327 e. The monoisotopic (exact) mass is 286 g/mol. The van der Waals surface area contributed by atoms with Crippen LogP contribution in [0.15, 0.2) is 11.6 Å².